The highest BCUT2D eigenvalue weighted by molar-refractivity contribution is 8.27. The Balaban J connectivity index is 1.54. The lowest BCUT2D eigenvalue weighted by molar-refractivity contribution is -0.385. The minimum Gasteiger partial charge on any atom is -0.493 e. The molecule has 0 unspecified atom stereocenters. The van der Waals surface area contributed by atoms with Gasteiger partial charge in [-0.2, -0.15) is 0 Å². The van der Waals surface area contributed by atoms with Gasteiger partial charge < -0.3 is 9.47 Å². The van der Waals surface area contributed by atoms with Gasteiger partial charge in [0.2, 0.25) is 0 Å². The molecule has 4 rings (SSSR count). The Morgan fingerprint density at radius 2 is 1.79 bits per heavy atom. The number of carbonyl (C=O) groups is 1. The van der Waals surface area contributed by atoms with Gasteiger partial charge in [-0.05, 0) is 42.0 Å². The summed E-state index contributed by atoms with van der Waals surface area (Å²) in [4.78, 5) is 25.7. The number of methoxy groups -OCH3 is 1. The third-order valence-corrected chi connectivity index (χ3v) is 6.17. The van der Waals surface area contributed by atoms with Crippen molar-refractivity contribution >= 4 is 51.7 Å². The fourth-order valence-electron chi connectivity index (χ4n) is 3.28. The second-order valence-electron chi connectivity index (χ2n) is 6.94. The van der Waals surface area contributed by atoms with Crippen molar-refractivity contribution in [1.29, 1.82) is 0 Å². The Hall–Kier alpha value is -3.69. The molecule has 1 aliphatic rings. The number of nitrogens with zero attached hydrogens (tertiary/aromatic N) is 2. The number of hydrogen-bond acceptors (Lipinski definition) is 7. The van der Waals surface area contributed by atoms with E-state index in [2.05, 4.69) is 0 Å². The molecule has 0 radical (unpaired) electrons. The van der Waals surface area contributed by atoms with Gasteiger partial charge in [-0.15, -0.1) is 0 Å². The van der Waals surface area contributed by atoms with Crippen molar-refractivity contribution in [2.45, 2.75) is 6.61 Å². The van der Waals surface area contributed by atoms with Crippen LogP contribution in [-0.2, 0) is 11.4 Å². The van der Waals surface area contributed by atoms with Crippen LogP contribution >= 0.6 is 24.0 Å². The standard InChI is InChI=1S/C24H18N2O5S2/c1-30-21-13-16(11-12-20(21)31-15-17-7-5-6-10-19(17)26(28)29)14-22-23(27)25(24(32)33-22)18-8-3-2-4-9-18/h2-14H,15H2,1H3. The number of thiocarbonyl (C=S) groups is 1. The van der Waals surface area contributed by atoms with E-state index in [1.807, 2.05) is 30.3 Å². The summed E-state index contributed by atoms with van der Waals surface area (Å²) < 4.78 is 11.7. The lowest BCUT2D eigenvalue weighted by Crippen LogP contribution is -2.27. The van der Waals surface area contributed by atoms with Crippen LogP contribution in [0.25, 0.3) is 6.08 Å². The highest BCUT2D eigenvalue weighted by atomic mass is 32.2. The molecule has 7 nitrogen and oxygen atoms in total. The zero-order valence-electron chi connectivity index (χ0n) is 17.5. The molecular formula is C24H18N2O5S2. The van der Waals surface area contributed by atoms with Crippen LogP contribution in [-0.4, -0.2) is 22.3 Å². The molecule has 1 aliphatic heterocycles. The number of benzene rings is 3. The first-order valence-corrected chi connectivity index (χ1v) is 11.1. The Morgan fingerprint density at radius 1 is 1.06 bits per heavy atom. The lowest BCUT2D eigenvalue weighted by atomic mass is 10.1. The molecule has 1 saturated heterocycles. The van der Waals surface area contributed by atoms with E-state index in [1.165, 1.54) is 29.8 Å². The number of nitro groups is 1. The average Bonchev–Trinajstić information content (AvgIpc) is 3.11. The van der Waals surface area contributed by atoms with Gasteiger partial charge in [0.25, 0.3) is 11.6 Å². The van der Waals surface area contributed by atoms with E-state index in [0.29, 0.717) is 26.3 Å². The smallest absolute Gasteiger partial charge is 0.276 e. The molecule has 0 N–H and O–H groups in total. The second-order valence-corrected chi connectivity index (χ2v) is 8.61. The zero-order valence-corrected chi connectivity index (χ0v) is 19.1. The monoisotopic (exact) mass is 478 g/mol. The van der Waals surface area contributed by atoms with Crippen molar-refractivity contribution in [2.75, 3.05) is 12.0 Å². The maximum absolute atomic E-state index is 12.9. The molecule has 166 valence electrons. The van der Waals surface area contributed by atoms with Crippen LogP contribution in [0.4, 0.5) is 11.4 Å². The van der Waals surface area contributed by atoms with Crippen LogP contribution in [0.2, 0.25) is 0 Å². The summed E-state index contributed by atoms with van der Waals surface area (Å²) in [6, 6.07) is 20.9. The molecule has 3 aromatic rings. The predicted octanol–water partition coefficient (Wildman–Crippen LogP) is 5.59. The number of thioether (sulfide) groups is 1. The summed E-state index contributed by atoms with van der Waals surface area (Å²) >= 11 is 6.64. The number of rotatable bonds is 7. The first kappa shape index (κ1) is 22.5. The van der Waals surface area contributed by atoms with Crippen molar-refractivity contribution in [3.05, 3.63) is 98.9 Å². The van der Waals surface area contributed by atoms with E-state index in [4.69, 9.17) is 21.7 Å². The first-order valence-electron chi connectivity index (χ1n) is 9.84. The van der Waals surface area contributed by atoms with Gasteiger partial charge in [-0.3, -0.25) is 19.8 Å². The predicted molar refractivity (Wildman–Crippen MR) is 133 cm³/mol. The quantitative estimate of drug-likeness (QED) is 0.190. The highest BCUT2D eigenvalue weighted by Crippen LogP contribution is 2.37. The molecule has 0 aromatic heterocycles. The van der Waals surface area contributed by atoms with E-state index in [9.17, 15) is 14.9 Å². The van der Waals surface area contributed by atoms with E-state index >= 15 is 0 Å². The molecule has 1 heterocycles. The largest absolute Gasteiger partial charge is 0.493 e. The Kier molecular flexibility index (Phi) is 6.71. The molecule has 0 saturated carbocycles. The van der Waals surface area contributed by atoms with Crippen LogP contribution in [0.15, 0.2) is 77.7 Å². The summed E-state index contributed by atoms with van der Waals surface area (Å²) in [5.41, 5.74) is 1.91. The minimum atomic E-state index is -0.440. The number of hydrogen-bond donors (Lipinski definition) is 0. The number of anilines is 1. The Bertz CT molecular complexity index is 1260. The van der Waals surface area contributed by atoms with E-state index in [-0.39, 0.29) is 18.2 Å². The number of amides is 1. The van der Waals surface area contributed by atoms with Crippen molar-refractivity contribution in [3.8, 4) is 11.5 Å². The Morgan fingerprint density at radius 3 is 2.52 bits per heavy atom. The summed E-state index contributed by atoms with van der Waals surface area (Å²) in [7, 11) is 1.51. The summed E-state index contributed by atoms with van der Waals surface area (Å²) in [5.74, 6) is 0.692. The Labute approximate surface area is 199 Å². The minimum absolute atomic E-state index is 0.00599. The molecule has 1 fully saturated rings. The van der Waals surface area contributed by atoms with Crippen LogP contribution in [0, 0.1) is 10.1 Å². The average molecular weight is 479 g/mol. The van der Waals surface area contributed by atoms with Crippen LogP contribution in [0.3, 0.4) is 0 Å². The molecule has 0 spiro atoms. The summed E-state index contributed by atoms with van der Waals surface area (Å²) in [5, 5.41) is 11.2. The maximum atomic E-state index is 12.9. The molecule has 0 bridgehead atoms. The number of para-hydroxylation sites is 2. The van der Waals surface area contributed by atoms with Crippen molar-refractivity contribution in [2.24, 2.45) is 0 Å². The second kappa shape index (κ2) is 9.85. The molecule has 9 heteroatoms. The van der Waals surface area contributed by atoms with Crippen LogP contribution in [0.1, 0.15) is 11.1 Å². The van der Waals surface area contributed by atoms with Gasteiger partial charge in [0.15, 0.2) is 15.8 Å². The van der Waals surface area contributed by atoms with Gasteiger partial charge in [0, 0.05) is 6.07 Å². The lowest BCUT2D eigenvalue weighted by Gasteiger charge is -2.14. The van der Waals surface area contributed by atoms with Crippen molar-refractivity contribution in [3.63, 3.8) is 0 Å². The number of carbonyl (C=O) groups excluding carboxylic acids is 1. The fraction of sp³-hybridized carbons (Fsp3) is 0.0833. The third kappa shape index (κ3) is 4.89. The molecule has 3 aromatic carbocycles. The molecule has 0 aliphatic carbocycles. The van der Waals surface area contributed by atoms with Crippen LogP contribution < -0.4 is 14.4 Å². The van der Waals surface area contributed by atoms with E-state index in [0.717, 1.165) is 11.3 Å². The van der Waals surface area contributed by atoms with Gasteiger partial charge in [0.05, 0.1) is 28.2 Å². The summed E-state index contributed by atoms with van der Waals surface area (Å²) in [6.45, 7) is 0.0165. The normalized spacial score (nSPS) is 14.6. The van der Waals surface area contributed by atoms with Gasteiger partial charge in [-0.25, -0.2) is 0 Å². The van der Waals surface area contributed by atoms with E-state index in [1.54, 1.807) is 42.5 Å². The SMILES string of the molecule is COc1cc(C=C2SC(=S)N(c3ccccc3)C2=O)ccc1OCc1ccccc1[N+](=O)[O-]. The topological polar surface area (TPSA) is 81.9 Å². The van der Waals surface area contributed by atoms with Gasteiger partial charge in [-0.1, -0.05) is 60.4 Å². The fourth-order valence-corrected chi connectivity index (χ4v) is 4.58. The highest BCUT2D eigenvalue weighted by Gasteiger charge is 2.33. The third-order valence-electron chi connectivity index (χ3n) is 4.87. The van der Waals surface area contributed by atoms with E-state index < -0.39 is 4.92 Å². The van der Waals surface area contributed by atoms with Crippen molar-refractivity contribution < 1.29 is 19.2 Å². The summed E-state index contributed by atoms with van der Waals surface area (Å²) in [6.07, 6.45) is 1.75. The maximum Gasteiger partial charge on any atom is 0.276 e. The first-order chi connectivity index (χ1) is 16.0. The van der Waals surface area contributed by atoms with Crippen molar-refractivity contribution in [1.82, 2.24) is 0 Å². The number of nitro benzene ring substituents is 1. The molecule has 1 amide bonds. The van der Waals surface area contributed by atoms with Gasteiger partial charge in [0.1, 0.15) is 6.61 Å². The molecule has 33 heavy (non-hydrogen) atoms. The van der Waals surface area contributed by atoms with Gasteiger partial charge >= 0.3 is 0 Å². The van der Waals surface area contributed by atoms with Crippen LogP contribution in [0.5, 0.6) is 11.5 Å². The molecule has 0 atom stereocenters. The number of ether oxygens (including phenoxy) is 2. The zero-order chi connectivity index (χ0) is 23.4. The molecular weight excluding hydrogens is 460 g/mol.